The standard InChI is InChI=1S/C36H45NO12/c1-18-33(49-25-12-7-8-13-46-25)21(37)14-26(47-18)48-23-16-36(45-6,24(38)17-41-2)15-20-28(23)35(44-5)30-29(34(20)43-4)31(39)19-10-9-11-22(42-3)27(19)32(30)40/h9-11,18,21,23,25-26,33H,7-8,12-17,37H2,1-6H3/t18-,21-,23?,25?,26?,33+,36-/m0/s1. The van der Waals surface area contributed by atoms with Crippen LogP contribution in [-0.4, -0.2) is 103 Å². The van der Waals surface area contributed by atoms with Gasteiger partial charge in [0.1, 0.15) is 35.6 Å². The molecule has 2 aromatic carbocycles. The number of fused-ring (bicyclic) bond motifs is 3. The van der Waals surface area contributed by atoms with E-state index in [4.69, 9.17) is 48.4 Å². The number of ether oxygens (including phenoxy) is 9. The van der Waals surface area contributed by atoms with Crippen molar-refractivity contribution in [3.8, 4) is 17.2 Å². The third-order valence-corrected chi connectivity index (χ3v) is 10.1. The van der Waals surface area contributed by atoms with Crippen LogP contribution < -0.4 is 19.9 Å². The Morgan fingerprint density at radius 2 is 1.69 bits per heavy atom. The SMILES string of the molecule is COCC(=O)[C@]1(OC)Cc2c(OC)c3c(c(OC)c2C(OC2C[C@H](N)[C@H](OC4CCCCO4)[C@H](C)O2)C1)C(=O)c1c(OC)cccc1C3=O. The molecule has 266 valence electrons. The second-order valence-electron chi connectivity index (χ2n) is 12.9. The number of hydrogen-bond acceptors (Lipinski definition) is 13. The molecule has 2 saturated heterocycles. The highest BCUT2D eigenvalue weighted by molar-refractivity contribution is 6.31. The van der Waals surface area contributed by atoms with E-state index in [0.29, 0.717) is 17.7 Å². The maximum atomic E-state index is 14.4. The molecule has 0 spiro atoms. The van der Waals surface area contributed by atoms with E-state index >= 15 is 0 Å². The van der Waals surface area contributed by atoms with Crippen LogP contribution in [0, 0.1) is 0 Å². The van der Waals surface area contributed by atoms with Crippen molar-refractivity contribution in [2.45, 2.75) is 88.0 Å². The van der Waals surface area contributed by atoms with Crippen molar-refractivity contribution < 1.29 is 57.0 Å². The minimum Gasteiger partial charge on any atom is -0.496 e. The van der Waals surface area contributed by atoms with E-state index < -0.39 is 47.8 Å². The maximum Gasteiger partial charge on any atom is 0.202 e. The van der Waals surface area contributed by atoms with E-state index in [-0.39, 0.29) is 77.4 Å². The van der Waals surface area contributed by atoms with Gasteiger partial charge in [0, 0.05) is 62.8 Å². The minimum atomic E-state index is -1.44. The van der Waals surface area contributed by atoms with Crippen molar-refractivity contribution in [1.29, 1.82) is 0 Å². The molecule has 0 radical (unpaired) electrons. The number of methoxy groups -OCH3 is 5. The van der Waals surface area contributed by atoms with Crippen LogP contribution in [0.1, 0.15) is 88.1 Å². The normalized spacial score (nSPS) is 29.4. The molecule has 0 amide bonds. The van der Waals surface area contributed by atoms with E-state index in [9.17, 15) is 14.4 Å². The van der Waals surface area contributed by atoms with Crippen LogP contribution in [0.15, 0.2) is 18.2 Å². The molecule has 2 aliphatic heterocycles. The van der Waals surface area contributed by atoms with Crippen molar-refractivity contribution in [3.05, 3.63) is 51.6 Å². The lowest BCUT2D eigenvalue weighted by Crippen LogP contribution is -2.55. The van der Waals surface area contributed by atoms with E-state index in [1.54, 1.807) is 18.2 Å². The molecule has 2 heterocycles. The summed E-state index contributed by atoms with van der Waals surface area (Å²) in [7, 11) is 7.15. The van der Waals surface area contributed by atoms with Crippen molar-refractivity contribution in [1.82, 2.24) is 0 Å². The molecule has 2 fully saturated rings. The van der Waals surface area contributed by atoms with E-state index in [1.807, 2.05) is 6.92 Å². The number of nitrogens with two attached hydrogens (primary N) is 1. The van der Waals surface area contributed by atoms with Crippen LogP contribution in [0.5, 0.6) is 17.2 Å². The molecule has 0 aromatic heterocycles. The Morgan fingerprint density at radius 1 is 0.939 bits per heavy atom. The Labute approximate surface area is 285 Å². The first-order valence-electron chi connectivity index (χ1n) is 16.6. The zero-order chi connectivity index (χ0) is 35.0. The highest BCUT2D eigenvalue weighted by atomic mass is 16.7. The van der Waals surface area contributed by atoms with Gasteiger partial charge in [-0.05, 0) is 32.3 Å². The summed E-state index contributed by atoms with van der Waals surface area (Å²) in [5, 5.41) is 0. The third kappa shape index (κ3) is 6.15. The average molecular weight is 684 g/mol. The summed E-state index contributed by atoms with van der Waals surface area (Å²) >= 11 is 0. The Hall–Kier alpha value is -3.43. The van der Waals surface area contributed by atoms with E-state index in [2.05, 4.69) is 0 Å². The number of ketones is 3. The molecule has 7 atom stereocenters. The molecule has 2 aliphatic carbocycles. The highest BCUT2D eigenvalue weighted by Crippen LogP contribution is 2.54. The smallest absolute Gasteiger partial charge is 0.202 e. The predicted octanol–water partition coefficient (Wildman–Crippen LogP) is 3.47. The van der Waals surface area contributed by atoms with Crippen LogP contribution in [0.3, 0.4) is 0 Å². The summed E-state index contributed by atoms with van der Waals surface area (Å²) in [5.74, 6) is -0.716. The second kappa shape index (κ2) is 14.4. The largest absolute Gasteiger partial charge is 0.496 e. The molecule has 2 aromatic rings. The fraction of sp³-hybridized carbons (Fsp3) is 0.583. The highest BCUT2D eigenvalue weighted by Gasteiger charge is 2.52. The summed E-state index contributed by atoms with van der Waals surface area (Å²) in [6.45, 7) is 2.28. The first-order chi connectivity index (χ1) is 23.6. The van der Waals surface area contributed by atoms with Crippen molar-refractivity contribution in [2.75, 3.05) is 48.8 Å². The van der Waals surface area contributed by atoms with Gasteiger partial charge in [-0.1, -0.05) is 12.1 Å². The van der Waals surface area contributed by atoms with Crippen molar-refractivity contribution in [2.24, 2.45) is 5.73 Å². The third-order valence-electron chi connectivity index (χ3n) is 10.1. The van der Waals surface area contributed by atoms with Gasteiger partial charge in [-0.25, -0.2) is 0 Å². The first-order valence-corrected chi connectivity index (χ1v) is 16.6. The average Bonchev–Trinajstić information content (AvgIpc) is 3.11. The van der Waals surface area contributed by atoms with Crippen molar-refractivity contribution in [3.63, 3.8) is 0 Å². The van der Waals surface area contributed by atoms with Gasteiger partial charge in [-0.15, -0.1) is 0 Å². The Balaban J connectivity index is 1.45. The van der Waals surface area contributed by atoms with Gasteiger partial charge in [0.2, 0.25) is 5.78 Å². The molecule has 13 nitrogen and oxygen atoms in total. The molecular formula is C36H45NO12. The number of carbonyl (C=O) groups excluding carboxylic acids is 3. The van der Waals surface area contributed by atoms with Gasteiger partial charge in [0.15, 0.2) is 24.1 Å². The van der Waals surface area contributed by atoms with Crippen LogP contribution in [0.4, 0.5) is 0 Å². The molecule has 49 heavy (non-hydrogen) atoms. The lowest BCUT2D eigenvalue weighted by molar-refractivity contribution is -0.281. The fourth-order valence-electron chi connectivity index (χ4n) is 7.72. The lowest BCUT2D eigenvalue weighted by atomic mass is 9.71. The Bertz CT molecular complexity index is 1590. The van der Waals surface area contributed by atoms with Crippen molar-refractivity contribution >= 4 is 17.3 Å². The molecule has 13 heteroatoms. The fourth-order valence-corrected chi connectivity index (χ4v) is 7.72. The van der Waals surface area contributed by atoms with Gasteiger partial charge >= 0.3 is 0 Å². The van der Waals surface area contributed by atoms with Gasteiger partial charge in [-0.2, -0.15) is 0 Å². The molecule has 4 aliphatic rings. The van der Waals surface area contributed by atoms with Gasteiger partial charge in [-0.3, -0.25) is 14.4 Å². The number of carbonyl (C=O) groups is 3. The zero-order valence-corrected chi connectivity index (χ0v) is 28.8. The number of hydrogen-bond donors (Lipinski definition) is 1. The Kier molecular flexibility index (Phi) is 10.4. The molecule has 0 saturated carbocycles. The summed E-state index contributed by atoms with van der Waals surface area (Å²) < 4.78 is 53.7. The van der Waals surface area contributed by atoms with Gasteiger partial charge < -0.3 is 48.4 Å². The second-order valence-corrected chi connectivity index (χ2v) is 12.9. The summed E-state index contributed by atoms with van der Waals surface area (Å²) in [6, 6.07) is 4.39. The number of benzene rings is 2. The molecule has 0 bridgehead atoms. The van der Waals surface area contributed by atoms with Gasteiger partial charge in [0.05, 0.1) is 50.2 Å². The van der Waals surface area contributed by atoms with Gasteiger partial charge in [0.25, 0.3) is 0 Å². The molecule has 3 unspecified atom stereocenters. The van der Waals surface area contributed by atoms with Crippen LogP contribution in [0.25, 0.3) is 0 Å². The lowest BCUT2D eigenvalue weighted by Gasteiger charge is -2.45. The topological polar surface area (TPSA) is 160 Å². The van der Waals surface area contributed by atoms with E-state index in [0.717, 1.165) is 19.3 Å². The van der Waals surface area contributed by atoms with Crippen LogP contribution >= 0.6 is 0 Å². The van der Waals surface area contributed by atoms with Crippen LogP contribution in [0.2, 0.25) is 0 Å². The quantitative estimate of drug-likeness (QED) is 0.313. The molecule has 2 N–H and O–H groups in total. The predicted molar refractivity (Wildman–Crippen MR) is 174 cm³/mol. The number of rotatable bonds is 11. The monoisotopic (exact) mass is 683 g/mol. The number of Topliss-reactive ketones (excluding diaryl/α,β-unsaturated/α-hetero) is 1. The molecule has 6 rings (SSSR count). The van der Waals surface area contributed by atoms with E-state index in [1.165, 1.54) is 35.5 Å². The molecular weight excluding hydrogens is 638 g/mol. The first kappa shape index (κ1) is 35.4. The zero-order valence-electron chi connectivity index (χ0n) is 28.8. The Morgan fingerprint density at radius 3 is 2.33 bits per heavy atom. The summed E-state index contributed by atoms with van der Waals surface area (Å²) in [6.07, 6.45) is 0.105. The summed E-state index contributed by atoms with van der Waals surface area (Å²) in [4.78, 5) is 42.3. The van der Waals surface area contributed by atoms with Crippen LogP contribution in [-0.2, 0) is 39.6 Å². The minimum absolute atomic E-state index is 0.00111. The summed E-state index contributed by atoms with van der Waals surface area (Å²) in [5.41, 5.74) is 6.48. The maximum absolute atomic E-state index is 14.4.